The van der Waals surface area contributed by atoms with Gasteiger partial charge in [0.05, 0.1) is 6.42 Å². The molecule has 0 heterocycles. The van der Waals surface area contributed by atoms with Gasteiger partial charge < -0.3 is 0 Å². The van der Waals surface area contributed by atoms with Crippen molar-refractivity contribution in [3.05, 3.63) is 53.9 Å². The predicted molar refractivity (Wildman–Crippen MR) is 45.4 cm³/mol. The lowest BCUT2D eigenvalue weighted by atomic mass is 10.1. The molecule has 0 N–H and O–H groups in total. The first-order valence-corrected chi connectivity index (χ1v) is 3.74. The Kier molecular flexibility index (Phi) is 0.803. The van der Waals surface area contributed by atoms with E-state index in [0.29, 0.717) is 0 Å². The lowest BCUT2D eigenvalue weighted by Gasteiger charge is -1.92. The van der Waals surface area contributed by atoms with Gasteiger partial charge in [0.1, 0.15) is 0 Å². The Morgan fingerprint density at radius 2 is 1.82 bits per heavy atom. The van der Waals surface area contributed by atoms with Crippen LogP contribution in [0, 0.1) is 6.42 Å². The first-order valence-electron chi connectivity index (χ1n) is 3.74. The summed E-state index contributed by atoms with van der Waals surface area (Å²) in [5.74, 6) is 0. The molecule has 0 heteroatoms. The fraction of sp³-hybridized carbons (Fsp3) is 0. The van der Waals surface area contributed by atoms with E-state index in [1.807, 2.05) is 0 Å². The van der Waals surface area contributed by atoms with E-state index in [0.717, 1.165) is 0 Å². The van der Waals surface area contributed by atoms with Crippen molar-refractivity contribution in [1.29, 1.82) is 0 Å². The molecule has 1 aliphatic carbocycles. The topological polar surface area (TPSA) is 0 Å². The Hall–Kier alpha value is -1.30. The number of rotatable bonds is 0. The zero-order valence-electron chi connectivity index (χ0n) is 5.96. The van der Waals surface area contributed by atoms with E-state index in [-0.39, 0.29) is 0 Å². The Labute approximate surface area is 65.5 Å². The minimum absolute atomic E-state index is 1.28. The van der Waals surface area contributed by atoms with Gasteiger partial charge in [-0.25, -0.2) is 0 Å². The summed E-state index contributed by atoms with van der Waals surface area (Å²) in [6, 6.07) is 12.7. The van der Waals surface area contributed by atoms with E-state index in [9.17, 15) is 0 Å². The van der Waals surface area contributed by atoms with Crippen molar-refractivity contribution in [1.82, 2.24) is 0 Å². The van der Waals surface area contributed by atoms with Crippen LogP contribution >= 0.6 is 0 Å². The minimum Gasteiger partial charge on any atom is -0.0616 e. The van der Waals surface area contributed by atoms with Crippen LogP contribution in [-0.2, 0) is 0 Å². The lowest BCUT2D eigenvalue weighted by Crippen LogP contribution is -1.67. The van der Waals surface area contributed by atoms with E-state index < -0.39 is 0 Å². The third kappa shape index (κ3) is 0.640. The summed E-state index contributed by atoms with van der Waals surface area (Å²) in [4.78, 5) is 0. The Balaban J connectivity index is 2.56. The number of benzene rings is 2. The van der Waals surface area contributed by atoms with Crippen LogP contribution in [0.25, 0.3) is 10.8 Å². The molecule has 2 radical (unpaired) electrons. The fourth-order valence-corrected chi connectivity index (χ4v) is 1.48. The molecule has 0 atom stereocenters. The summed E-state index contributed by atoms with van der Waals surface area (Å²) in [5, 5.41) is 2.65. The van der Waals surface area contributed by atoms with E-state index in [2.05, 4.69) is 42.8 Å². The average molecular weight is 138 g/mol. The summed E-state index contributed by atoms with van der Waals surface area (Å²) in [6.45, 7) is 0. The molecule has 0 unspecified atom stereocenters. The molecule has 0 fully saturated rings. The Bertz CT molecular complexity index is 427. The molecular formula is C11H6. The monoisotopic (exact) mass is 138 g/mol. The highest BCUT2D eigenvalue weighted by atomic mass is 14.2. The van der Waals surface area contributed by atoms with Gasteiger partial charge in [0.25, 0.3) is 0 Å². The molecule has 0 saturated carbocycles. The van der Waals surface area contributed by atoms with E-state index in [1.54, 1.807) is 0 Å². The van der Waals surface area contributed by atoms with Crippen LogP contribution in [0.3, 0.4) is 0 Å². The molecule has 0 aliphatic heterocycles. The van der Waals surface area contributed by atoms with Crippen LogP contribution < -0.4 is 0 Å². The van der Waals surface area contributed by atoms with Gasteiger partial charge in [-0.15, -0.1) is 0 Å². The van der Waals surface area contributed by atoms with E-state index >= 15 is 0 Å². The number of hydrogen-bond donors (Lipinski definition) is 0. The molecule has 2 aromatic carbocycles. The van der Waals surface area contributed by atoms with E-state index in [1.165, 1.54) is 21.9 Å². The Morgan fingerprint density at radius 3 is 2.82 bits per heavy atom. The maximum atomic E-state index is 3.23. The molecule has 0 spiro atoms. The average Bonchev–Trinajstić information content (AvgIpc) is 2.83. The molecular weight excluding hydrogens is 132 g/mol. The van der Waals surface area contributed by atoms with Crippen LogP contribution in [-0.4, -0.2) is 0 Å². The SMILES string of the molecule is [C]1c2ccc3ccccc3c21. The maximum Gasteiger partial charge on any atom is 0.0515 e. The van der Waals surface area contributed by atoms with Crippen molar-refractivity contribution in [3.8, 4) is 0 Å². The molecule has 0 nitrogen and oxygen atoms in total. The van der Waals surface area contributed by atoms with Crippen molar-refractivity contribution in [2.24, 2.45) is 0 Å². The highest BCUT2D eigenvalue weighted by Gasteiger charge is 2.19. The summed E-state index contributed by atoms with van der Waals surface area (Å²) >= 11 is 0. The van der Waals surface area contributed by atoms with Gasteiger partial charge in [-0.05, 0) is 21.9 Å². The summed E-state index contributed by atoms with van der Waals surface area (Å²) in [6.07, 6.45) is 3.23. The highest BCUT2D eigenvalue weighted by Crippen LogP contribution is 2.36. The molecule has 0 aromatic heterocycles. The summed E-state index contributed by atoms with van der Waals surface area (Å²) in [7, 11) is 0. The second-order valence-corrected chi connectivity index (χ2v) is 2.83. The molecule has 0 saturated heterocycles. The molecule has 3 rings (SSSR count). The van der Waals surface area contributed by atoms with Gasteiger partial charge in [0, 0.05) is 0 Å². The van der Waals surface area contributed by atoms with Crippen molar-refractivity contribution >= 4 is 10.8 Å². The predicted octanol–water partition coefficient (Wildman–Crippen LogP) is 2.63. The highest BCUT2D eigenvalue weighted by molar-refractivity contribution is 5.93. The quantitative estimate of drug-likeness (QED) is 0.448. The normalized spacial score (nSPS) is 13.1. The molecule has 1 aliphatic rings. The molecule has 2 aromatic rings. The summed E-state index contributed by atoms with van der Waals surface area (Å²) < 4.78 is 0. The van der Waals surface area contributed by atoms with Gasteiger partial charge in [0.2, 0.25) is 0 Å². The summed E-state index contributed by atoms with van der Waals surface area (Å²) in [5.41, 5.74) is 2.59. The third-order valence-corrected chi connectivity index (χ3v) is 2.13. The zero-order chi connectivity index (χ0) is 7.26. The van der Waals surface area contributed by atoms with Crippen LogP contribution in [0.4, 0.5) is 0 Å². The second-order valence-electron chi connectivity index (χ2n) is 2.83. The molecule has 0 amide bonds. The van der Waals surface area contributed by atoms with Gasteiger partial charge >= 0.3 is 0 Å². The smallest absolute Gasteiger partial charge is 0.0515 e. The van der Waals surface area contributed by atoms with Crippen LogP contribution in [0.5, 0.6) is 0 Å². The first-order chi connectivity index (χ1) is 5.45. The van der Waals surface area contributed by atoms with Crippen molar-refractivity contribution < 1.29 is 0 Å². The van der Waals surface area contributed by atoms with Crippen LogP contribution in [0.15, 0.2) is 36.4 Å². The fourth-order valence-electron chi connectivity index (χ4n) is 1.48. The van der Waals surface area contributed by atoms with Crippen LogP contribution in [0.1, 0.15) is 11.1 Å². The van der Waals surface area contributed by atoms with Gasteiger partial charge in [-0.1, -0.05) is 36.4 Å². The largest absolute Gasteiger partial charge is 0.0616 e. The minimum atomic E-state index is 1.28. The van der Waals surface area contributed by atoms with Crippen molar-refractivity contribution in [3.63, 3.8) is 0 Å². The van der Waals surface area contributed by atoms with E-state index in [4.69, 9.17) is 0 Å². The third-order valence-electron chi connectivity index (χ3n) is 2.13. The van der Waals surface area contributed by atoms with Crippen molar-refractivity contribution in [2.75, 3.05) is 0 Å². The van der Waals surface area contributed by atoms with Crippen LogP contribution in [0.2, 0.25) is 0 Å². The van der Waals surface area contributed by atoms with Crippen molar-refractivity contribution in [2.45, 2.75) is 0 Å². The van der Waals surface area contributed by atoms with Gasteiger partial charge in [0.15, 0.2) is 0 Å². The second kappa shape index (κ2) is 1.65. The maximum absolute atomic E-state index is 3.23. The zero-order valence-corrected chi connectivity index (χ0v) is 5.96. The molecule has 11 heavy (non-hydrogen) atoms. The number of hydrogen-bond acceptors (Lipinski definition) is 0. The standard InChI is InChI=1S/C11H6/c1-2-4-10-8(3-1)5-6-9-7-11(9)10/h1-6H. The first kappa shape index (κ1) is 5.36. The molecule has 0 bridgehead atoms. The lowest BCUT2D eigenvalue weighted by molar-refractivity contribution is 1.78. The number of fused-ring (bicyclic) bond motifs is 3. The van der Waals surface area contributed by atoms with Gasteiger partial charge in [-0.3, -0.25) is 0 Å². The van der Waals surface area contributed by atoms with Gasteiger partial charge in [-0.2, -0.15) is 0 Å². The Morgan fingerprint density at radius 1 is 0.909 bits per heavy atom. The molecule has 50 valence electrons.